The molecule has 0 atom stereocenters. The van der Waals surface area contributed by atoms with Crippen LogP contribution in [-0.2, 0) is 0 Å². The van der Waals surface area contributed by atoms with Crippen LogP contribution in [0.4, 0.5) is 14.6 Å². The molecule has 0 unspecified atom stereocenters. The van der Waals surface area contributed by atoms with E-state index >= 15 is 0 Å². The predicted molar refractivity (Wildman–Crippen MR) is 106 cm³/mol. The van der Waals surface area contributed by atoms with Gasteiger partial charge in [-0.3, -0.25) is 4.98 Å². The van der Waals surface area contributed by atoms with Crippen molar-refractivity contribution in [3.63, 3.8) is 0 Å². The molecule has 1 N–H and O–H groups in total. The van der Waals surface area contributed by atoms with E-state index < -0.39 is 11.6 Å². The van der Waals surface area contributed by atoms with Crippen LogP contribution in [0.25, 0.3) is 33.4 Å². The first-order chi connectivity index (χ1) is 14.1. The molecule has 5 rings (SSSR count). The molecule has 29 heavy (non-hydrogen) atoms. The molecule has 3 heterocycles. The highest BCUT2D eigenvalue weighted by Crippen LogP contribution is 2.33. The minimum absolute atomic E-state index is 0.302. The number of aliphatic hydroxyl groups excluding tert-OH is 1. The number of rotatable bonds is 3. The molecular formula is C22H16F2N4O. The van der Waals surface area contributed by atoms with E-state index in [0.29, 0.717) is 41.4 Å². The fourth-order valence-corrected chi connectivity index (χ4v) is 3.50. The Bertz CT molecular complexity index is 1210. The Morgan fingerprint density at radius 1 is 0.966 bits per heavy atom. The summed E-state index contributed by atoms with van der Waals surface area (Å²) in [6.07, 6.45) is 2.97. The van der Waals surface area contributed by atoms with Gasteiger partial charge in [-0.25, -0.2) is 18.7 Å². The summed E-state index contributed by atoms with van der Waals surface area (Å²) < 4.78 is 27.6. The molecule has 0 radical (unpaired) electrons. The zero-order valence-electron chi connectivity index (χ0n) is 15.3. The Labute approximate surface area is 165 Å². The Balaban J connectivity index is 1.69. The monoisotopic (exact) mass is 390 g/mol. The molecule has 1 saturated heterocycles. The van der Waals surface area contributed by atoms with Gasteiger partial charge in [-0.05, 0) is 42.0 Å². The molecule has 7 heteroatoms. The van der Waals surface area contributed by atoms with Crippen LogP contribution < -0.4 is 4.90 Å². The number of β-amino-alcohol motifs (C(OH)–C–C–N with tert-alkyl or cyclic N) is 1. The lowest BCUT2D eigenvalue weighted by Gasteiger charge is -2.37. The molecule has 0 spiro atoms. The van der Waals surface area contributed by atoms with E-state index in [1.807, 2.05) is 17.0 Å². The van der Waals surface area contributed by atoms with E-state index in [-0.39, 0.29) is 6.10 Å². The highest BCUT2D eigenvalue weighted by molar-refractivity contribution is 5.94. The van der Waals surface area contributed by atoms with Gasteiger partial charge in [0, 0.05) is 48.1 Å². The van der Waals surface area contributed by atoms with Gasteiger partial charge in [0.2, 0.25) is 0 Å². The van der Waals surface area contributed by atoms with Gasteiger partial charge >= 0.3 is 0 Å². The Morgan fingerprint density at radius 2 is 1.83 bits per heavy atom. The van der Waals surface area contributed by atoms with Crippen LogP contribution >= 0.6 is 0 Å². The van der Waals surface area contributed by atoms with Crippen molar-refractivity contribution in [1.82, 2.24) is 15.0 Å². The second-order valence-corrected chi connectivity index (χ2v) is 7.03. The summed E-state index contributed by atoms with van der Waals surface area (Å²) in [5.74, 6) is -0.0344. The van der Waals surface area contributed by atoms with E-state index in [9.17, 15) is 13.9 Å². The second kappa shape index (κ2) is 6.86. The summed E-state index contributed by atoms with van der Waals surface area (Å²) in [4.78, 5) is 15.5. The summed E-state index contributed by atoms with van der Waals surface area (Å²) in [7, 11) is 0. The first-order valence-corrected chi connectivity index (χ1v) is 9.19. The molecule has 144 valence electrons. The number of nitrogens with zero attached hydrogens (tertiary/aromatic N) is 4. The molecule has 1 aliphatic heterocycles. The third kappa shape index (κ3) is 3.19. The Kier molecular flexibility index (Phi) is 4.17. The van der Waals surface area contributed by atoms with Crippen LogP contribution in [0.5, 0.6) is 0 Å². The van der Waals surface area contributed by atoms with Crippen molar-refractivity contribution >= 4 is 16.7 Å². The van der Waals surface area contributed by atoms with Crippen molar-refractivity contribution in [3.05, 3.63) is 72.6 Å². The quantitative estimate of drug-likeness (QED) is 0.576. The number of hydrogen-bond donors (Lipinski definition) is 1. The van der Waals surface area contributed by atoms with Gasteiger partial charge in [0.15, 0.2) is 5.82 Å². The topological polar surface area (TPSA) is 62.1 Å². The zero-order chi connectivity index (χ0) is 20.0. The molecule has 2 aromatic carbocycles. The van der Waals surface area contributed by atoms with Gasteiger partial charge in [-0.2, -0.15) is 0 Å². The molecule has 2 aromatic heterocycles. The minimum Gasteiger partial charge on any atom is -0.389 e. The highest BCUT2D eigenvalue weighted by atomic mass is 19.1. The number of benzene rings is 2. The molecular weight excluding hydrogens is 374 g/mol. The second-order valence-electron chi connectivity index (χ2n) is 7.03. The third-order valence-corrected chi connectivity index (χ3v) is 5.00. The summed E-state index contributed by atoms with van der Waals surface area (Å²) in [5, 5.41) is 10.5. The molecule has 0 aliphatic carbocycles. The standard InChI is InChI=1S/C22H16F2N4O/c23-15-4-6-17(19(24)9-15)13-3-5-18-20(8-13)26-21(14-2-1-7-25-10-14)27-22(18)28-11-16(29)12-28/h1-10,16,29H,11-12H2. The number of aromatic nitrogens is 3. The van der Waals surface area contributed by atoms with E-state index in [0.717, 1.165) is 17.0 Å². The first kappa shape index (κ1) is 17.6. The number of halogens is 2. The predicted octanol–water partition coefficient (Wildman–Crippen LogP) is 3.82. The van der Waals surface area contributed by atoms with Gasteiger partial charge in [0.25, 0.3) is 0 Å². The first-order valence-electron chi connectivity index (χ1n) is 9.19. The fraction of sp³-hybridized carbons (Fsp3) is 0.136. The maximum Gasteiger partial charge on any atom is 0.163 e. The molecule has 1 aliphatic rings. The summed E-state index contributed by atoms with van der Waals surface area (Å²) in [5.41, 5.74) is 2.29. The van der Waals surface area contributed by atoms with Crippen molar-refractivity contribution in [2.24, 2.45) is 0 Å². The van der Waals surface area contributed by atoms with Crippen molar-refractivity contribution < 1.29 is 13.9 Å². The summed E-state index contributed by atoms with van der Waals surface area (Å²) >= 11 is 0. The number of pyridine rings is 1. The third-order valence-electron chi connectivity index (χ3n) is 5.00. The Morgan fingerprint density at radius 3 is 2.55 bits per heavy atom. The van der Waals surface area contributed by atoms with Crippen LogP contribution in [0.3, 0.4) is 0 Å². The van der Waals surface area contributed by atoms with Crippen LogP contribution in [-0.4, -0.2) is 39.3 Å². The zero-order valence-corrected chi connectivity index (χ0v) is 15.3. The van der Waals surface area contributed by atoms with Gasteiger partial charge in [-0.1, -0.05) is 6.07 Å². The average Bonchev–Trinajstić information content (AvgIpc) is 2.71. The van der Waals surface area contributed by atoms with Crippen LogP contribution in [0, 0.1) is 11.6 Å². The minimum atomic E-state index is -0.628. The lowest BCUT2D eigenvalue weighted by molar-refractivity contribution is 0.141. The lowest BCUT2D eigenvalue weighted by Crippen LogP contribution is -2.51. The number of anilines is 1. The summed E-state index contributed by atoms with van der Waals surface area (Å²) in [6.45, 7) is 0.986. The molecule has 0 amide bonds. The van der Waals surface area contributed by atoms with Crippen molar-refractivity contribution in [3.8, 4) is 22.5 Å². The maximum atomic E-state index is 14.3. The van der Waals surface area contributed by atoms with Crippen LogP contribution in [0.2, 0.25) is 0 Å². The van der Waals surface area contributed by atoms with Gasteiger partial charge in [0.05, 0.1) is 11.6 Å². The molecule has 1 fully saturated rings. The smallest absolute Gasteiger partial charge is 0.163 e. The van der Waals surface area contributed by atoms with Gasteiger partial charge in [-0.15, -0.1) is 0 Å². The van der Waals surface area contributed by atoms with E-state index in [1.54, 1.807) is 30.6 Å². The SMILES string of the molecule is OC1CN(c2nc(-c3cccnc3)nc3cc(-c4ccc(F)cc4F)ccc23)C1. The largest absolute Gasteiger partial charge is 0.389 e. The molecule has 0 bridgehead atoms. The normalized spacial score (nSPS) is 14.2. The highest BCUT2D eigenvalue weighted by Gasteiger charge is 2.28. The Hall–Kier alpha value is -3.45. The van der Waals surface area contributed by atoms with Crippen molar-refractivity contribution in [2.45, 2.75) is 6.10 Å². The maximum absolute atomic E-state index is 14.3. The van der Waals surface area contributed by atoms with E-state index in [4.69, 9.17) is 4.98 Å². The van der Waals surface area contributed by atoms with Crippen molar-refractivity contribution in [2.75, 3.05) is 18.0 Å². The summed E-state index contributed by atoms with van der Waals surface area (Å²) in [6, 6.07) is 12.6. The fourth-order valence-electron chi connectivity index (χ4n) is 3.50. The van der Waals surface area contributed by atoms with Crippen LogP contribution in [0.15, 0.2) is 60.9 Å². The number of aliphatic hydroxyl groups is 1. The molecule has 4 aromatic rings. The molecule has 5 nitrogen and oxygen atoms in total. The number of fused-ring (bicyclic) bond motifs is 1. The van der Waals surface area contributed by atoms with Crippen LogP contribution in [0.1, 0.15) is 0 Å². The average molecular weight is 390 g/mol. The van der Waals surface area contributed by atoms with Gasteiger partial charge < -0.3 is 10.0 Å². The lowest BCUT2D eigenvalue weighted by atomic mass is 10.0. The van der Waals surface area contributed by atoms with E-state index in [2.05, 4.69) is 9.97 Å². The number of hydrogen-bond acceptors (Lipinski definition) is 5. The van der Waals surface area contributed by atoms with Crippen molar-refractivity contribution in [1.29, 1.82) is 0 Å². The van der Waals surface area contributed by atoms with E-state index in [1.165, 1.54) is 12.1 Å². The molecule has 0 saturated carbocycles. The van der Waals surface area contributed by atoms with Gasteiger partial charge in [0.1, 0.15) is 17.5 Å².